The highest BCUT2D eigenvalue weighted by Gasteiger charge is 2.26. The topological polar surface area (TPSA) is 49.8 Å². The van der Waals surface area contributed by atoms with Crippen LogP contribution >= 0.6 is 0 Å². The summed E-state index contributed by atoms with van der Waals surface area (Å²) in [6, 6.07) is 0. The lowest BCUT2D eigenvalue weighted by Gasteiger charge is -2.33. The van der Waals surface area contributed by atoms with Gasteiger partial charge in [-0.2, -0.15) is 0 Å². The number of carbonyl (C=O) groups excluding carboxylic acids is 1. The Labute approximate surface area is 72.1 Å². The molecule has 1 aliphatic rings. The zero-order chi connectivity index (χ0) is 8.97. The molecular formula is C8H15NO3. The zero-order valence-corrected chi connectivity index (χ0v) is 7.32. The molecule has 70 valence electrons. The van der Waals surface area contributed by atoms with Crippen molar-refractivity contribution >= 4 is 5.91 Å². The maximum Gasteiger partial charge on any atom is 0.224 e. The van der Waals surface area contributed by atoms with E-state index in [0.717, 1.165) is 12.8 Å². The quantitative estimate of drug-likeness (QED) is 0.651. The van der Waals surface area contributed by atoms with Gasteiger partial charge in [-0.1, -0.05) is 0 Å². The van der Waals surface area contributed by atoms with Crippen molar-refractivity contribution in [2.45, 2.75) is 25.5 Å². The minimum atomic E-state index is -0.126. The van der Waals surface area contributed by atoms with Crippen molar-refractivity contribution < 1.29 is 14.6 Å². The highest BCUT2D eigenvalue weighted by atomic mass is 16.5. The van der Waals surface area contributed by atoms with E-state index < -0.39 is 0 Å². The molecule has 4 nitrogen and oxygen atoms in total. The highest BCUT2D eigenvalue weighted by molar-refractivity contribution is 5.77. The van der Waals surface area contributed by atoms with E-state index >= 15 is 0 Å². The zero-order valence-electron chi connectivity index (χ0n) is 7.32. The maximum atomic E-state index is 11.3. The predicted octanol–water partition coefficient (Wildman–Crippen LogP) is -0.0363. The Morgan fingerprint density at radius 1 is 1.75 bits per heavy atom. The number of ether oxygens (including phenoxy) is 1. The molecule has 1 N–H and O–H groups in total. The van der Waals surface area contributed by atoms with Crippen molar-refractivity contribution in [2.75, 3.05) is 20.3 Å². The van der Waals surface area contributed by atoms with Gasteiger partial charge in [-0.3, -0.25) is 4.79 Å². The van der Waals surface area contributed by atoms with Crippen LogP contribution in [0.1, 0.15) is 19.3 Å². The fraction of sp³-hybridized carbons (Fsp3) is 0.875. The summed E-state index contributed by atoms with van der Waals surface area (Å²) in [7, 11) is 1.59. The molecule has 0 bridgehead atoms. The standard InChI is InChI=1S/C8H15NO3/c1-12-8-4-2-3-7(11)9(8)5-6-10/h8,10H,2-6H2,1H3. The van der Waals surface area contributed by atoms with Crippen LogP contribution in [0.5, 0.6) is 0 Å². The Bertz CT molecular complexity index is 160. The summed E-state index contributed by atoms with van der Waals surface area (Å²) in [5, 5.41) is 8.70. The average molecular weight is 173 g/mol. The molecular weight excluding hydrogens is 158 g/mol. The van der Waals surface area contributed by atoms with Gasteiger partial charge in [-0.25, -0.2) is 0 Å². The minimum absolute atomic E-state index is 0.00556. The van der Waals surface area contributed by atoms with E-state index in [1.807, 2.05) is 0 Å². The first-order chi connectivity index (χ1) is 5.79. The van der Waals surface area contributed by atoms with Gasteiger partial charge in [-0.05, 0) is 12.8 Å². The van der Waals surface area contributed by atoms with E-state index in [4.69, 9.17) is 9.84 Å². The molecule has 0 spiro atoms. The number of aliphatic hydroxyl groups excluding tert-OH is 1. The minimum Gasteiger partial charge on any atom is -0.395 e. The van der Waals surface area contributed by atoms with Gasteiger partial charge in [0.15, 0.2) is 0 Å². The van der Waals surface area contributed by atoms with E-state index in [1.165, 1.54) is 0 Å². The molecule has 1 aliphatic heterocycles. The summed E-state index contributed by atoms with van der Waals surface area (Å²) in [6.07, 6.45) is 2.22. The third kappa shape index (κ3) is 1.95. The van der Waals surface area contributed by atoms with E-state index in [-0.39, 0.29) is 18.7 Å². The molecule has 1 amide bonds. The summed E-state index contributed by atoms with van der Waals surface area (Å²) in [5.41, 5.74) is 0. The molecule has 1 heterocycles. The summed E-state index contributed by atoms with van der Waals surface area (Å²) in [4.78, 5) is 12.9. The average Bonchev–Trinajstić information content (AvgIpc) is 2.09. The SMILES string of the molecule is COC1CCCC(=O)N1CCO. The first-order valence-electron chi connectivity index (χ1n) is 4.22. The second kappa shape index (κ2) is 4.42. The van der Waals surface area contributed by atoms with Crippen molar-refractivity contribution in [1.29, 1.82) is 0 Å². The van der Waals surface area contributed by atoms with Gasteiger partial charge in [0.05, 0.1) is 6.61 Å². The third-order valence-corrected chi connectivity index (χ3v) is 2.12. The number of rotatable bonds is 3. The Balaban J connectivity index is 2.53. The number of piperidine rings is 1. The molecule has 1 fully saturated rings. The summed E-state index contributed by atoms with van der Waals surface area (Å²) >= 11 is 0. The number of aliphatic hydroxyl groups is 1. The van der Waals surface area contributed by atoms with E-state index in [2.05, 4.69) is 0 Å². The number of β-amino-alcohol motifs (C(OH)–C–C–N with tert-alkyl or cyclic N) is 1. The Morgan fingerprint density at radius 2 is 2.50 bits per heavy atom. The molecule has 0 aromatic carbocycles. The molecule has 0 radical (unpaired) electrons. The number of amides is 1. The Hall–Kier alpha value is -0.610. The van der Waals surface area contributed by atoms with Crippen LogP contribution in [0, 0.1) is 0 Å². The first kappa shape index (κ1) is 9.48. The number of hydrogen-bond donors (Lipinski definition) is 1. The van der Waals surface area contributed by atoms with Crippen LogP contribution in [-0.2, 0) is 9.53 Å². The van der Waals surface area contributed by atoms with Gasteiger partial charge in [0.25, 0.3) is 0 Å². The van der Waals surface area contributed by atoms with Gasteiger partial charge < -0.3 is 14.7 Å². The lowest BCUT2D eigenvalue weighted by molar-refractivity contribution is -0.150. The Morgan fingerprint density at radius 3 is 3.08 bits per heavy atom. The number of carbonyl (C=O) groups is 1. The highest BCUT2D eigenvalue weighted by Crippen LogP contribution is 2.17. The molecule has 1 rings (SSSR count). The van der Waals surface area contributed by atoms with Crippen LogP contribution in [0.25, 0.3) is 0 Å². The maximum absolute atomic E-state index is 11.3. The van der Waals surface area contributed by atoms with E-state index in [9.17, 15) is 4.79 Å². The number of hydrogen-bond acceptors (Lipinski definition) is 3. The molecule has 0 aromatic rings. The molecule has 1 unspecified atom stereocenters. The van der Waals surface area contributed by atoms with Crippen LogP contribution in [0.2, 0.25) is 0 Å². The number of likely N-dealkylation sites (tertiary alicyclic amines) is 1. The number of nitrogens with zero attached hydrogens (tertiary/aromatic N) is 1. The van der Waals surface area contributed by atoms with Gasteiger partial charge in [0, 0.05) is 20.1 Å². The van der Waals surface area contributed by atoms with Gasteiger partial charge in [0.1, 0.15) is 6.23 Å². The monoisotopic (exact) mass is 173 g/mol. The summed E-state index contributed by atoms with van der Waals surface area (Å²) in [5.74, 6) is 0.0853. The van der Waals surface area contributed by atoms with Gasteiger partial charge in [0.2, 0.25) is 5.91 Å². The van der Waals surface area contributed by atoms with Crippen LogP contribution in [-0.4, -0.2) is 42.4 Å². The molecule has 12 heavy (non-hydrogen) atoms. The van der Waals surface area contributed by atoms with Crippen LogP contribution in [0.3, 0.4) is 0 Å². The first-order valence-corrected chi connectivity index (χ1v) is 4.22. The lowest BCUT2D eigenvalue weighted by Crippen LogP contribution is -2.45. The second-order valence-corrected chi connectivity index (χ2v) is 2.89. The summed E-state index contributed by atoms with van der Waals surface area (Å²) < 4.78 is 5.12. The molecule has 1 atom stereocenters. The number of methoxy groups -OCH3 is 1. The fourth-order valence-electron chi connectivity index (χ4n) is 1.51. The van der Waals surface area contributed by atoms with Crippen LogP contribution in [0.4, 0.5) is 0 Å². The summed E-state index contributed by atoms with van der Waals surface area (Å²) in [6.45, 7) is 0.392. The fourth-order valence-corrected chi connectivity index (χ4v) is 1.51. The van der Waals surface area contributed by atoms with Crippen molar-refractivity contribution in [1.82, 2.24) is 4.90 Å². The third-order valence-electron chi connectivity index (χ3n) is 2.12. The molecule has 4 heteroatoms. The normalized spacial score (nSPS) is 24.7. The largest absolute Gasteiger partial charge is 0.395 e. The van der Waals surface area contributed by atoms with Crippen molar-refractivity contribution in [3.8, 4) is 0 Å². The van der Waals surface area contributed by atoms with Crippen molar-refractivity contribution in [3.63, 3.8) is 0 Å². The molecule has 0 saturated carbocycles. The van der Waals surface area contributed by atoms with Gasteiger partial charge >= 0.3 is 0 Å². The van der Waals surface area contributed by atoms with Crippen LogP contribution in [0.15, 0.2) is 0 Å². The lowest BCUT2D eigenvalue weighted by atomic mass is 10.1. The molecule has 0 aliphatic carbocycles. The predicted molar refractivity (Wildman–Crippen MR) is 43.4 cm³/mol. The second-order valence-electron chi connectivity index (χ2n) is 2.89. The van der Waals surface area contributed by atoms with E-state index in [0.29, 0.717) is 13.0 Å². The van der Waals surface area contributed by atoms with Gasteiger partial charge in [-0.15, -0.1) is 0 Å². The van der Waals surface area contributed by atoms with Crippen molar-refractivity contribution in [3.05, 3.63) is 0 Å². The molecule has 0 aromatic heterocycles. The van der Waals surface area contributed by atoms with E-state index in [1.54, 1.807) is 12.0 Å². The molecule has 1 saturated heterocycles. The van der Waals surface area contributed by atoms with Crippen LogP contribution < -0.4 is 0 Å². The Kier molecular flexibility index (Phi) is 3.49. The van der Waals surface area contributed by atoms with Crippen molar-refractivity contribution in [2.24, 2.45) is 0 Å². The smallest absolute Gasteiger partial charge is 0.224 e.